The molecule has 1 aromatic heterocycles. The monoisotopic (exact) mass is 948 g/mol. The zero-order valence-corrected chi connectivity index (χ0v) is 46.2. The minimum absolute atomic E-state index is 0.0124. The van der Waals surface area contributed by atoms with Crippen molar-refractivity contribution in [2.45, 2.75) is 183 Å². The van der Waals surface area contributed by atoms with E-state index in [2.05, 4.69) is 223 Å². The molecule has 1 aliphatic heterocycles. The summed E-state index contributed by atoms with van der Waals surface area (Å²) >= 11 is 0. The van der Waals surface area contributed by atoms with E-state index in [0.29, 0.717) is 5.92 Å². The van der Waals surface area contributed by atoms with Crippen LogP contribution < -0.4 is 10.6 Å². The average molecular weight is 948 g/mol. The van der Waals surface area contributed by atoms with E-state index in [1.807, 2.05) is 6.08 Å². The molecule has 3 nitrogen and oxygen atoms in total. The molecule has 0 N–H and O–H groups in total. The Labute approximate surface area is 432 Å². The molecule has 2 unspecified atom stereocenters. The summed E-state index contributed by atoms with van der Waals surface area (Å²) in [6, 6.07) is 4.95. The standard InChI is InChI=1S/C67H88BN2O/c1-16-20-21-22-27-50-28-24-30-55(54(50)19-4)56-43-49(18-3)32-34-60(56)69-42-37-51(25-17-2)70(52-29-23-26-47(5)35-38-65(10,11)39-36-52)62-57-44-58-59(67(14,15)41-40-66(58,12)13)45-61(57)71-63(62)68-46-53(69)33-31-48(6)64(7,8)9/h16-17,19-23,25,28-29,32,36-37,42-47,60H,2,4,6,18,24,26-27,30-31,33-35,38-41H2,1,3,5,7-15H3/b20-16-,22-21-,29-23-,42-37+,51-25+,52-36+,53-46-. The van der Waals surface area contributed by atoms with E-state index >= 15 is 0 Å². The van der Waals surface area contributed by atoms with Gasteiger partial charge in [-0.2, -0.15) is 0 Å². The fourth-order valence-corrected chi connectivity index (χ4v) is 11.3. The SMILES string of the molecule is C=C/C=C1\C=C\N(C2CC=C(CC)C=C2C2=C(C=C)C(C/C=C\C=C/C)=CCC2)/C(CCC(=C)C(C)(C)C)=C\[B]c2oc3cc4c(cc3c2N1C1=C/CC(C)(C)CCC(C)C/C=C\1)C(C)(C)CCC4(C)C. The zero-order valence-electron chi connectivity index (χ0n) is 46.2. The summed E-state index contributed by atoms with van der Waals surface area (Å²) in [5.41, 5.74) is 17.5. The normalized spacial score (nSPS) is 25.7. The van der Waals surface area contributed by atoms with Gasteiger partial charge in [0.25, 0.3) is 0 Å². The zero-order chi connectivity index (χ0) is 51.3. The van der Waals surface area contributed by atoms with E-state index in [0.717, 1.165) is 104 Å². The molecular weight excluding hydrogens is 860 g/mol. The van der Waals surface area contributed by atoms with E-state index in [1.165, 1.54) is 63.1 Å². The molecule has 71 heavy (non-hydrogen) atoms. The van der Waals surface area contributed by atoms with E-state index in [1.54, 1.807) is 0 Å². The Bertz CT molecular complexity index is 2710. The lowest BCUT2D eigenvalue weighted by Crippen LogP contribution is -2.36. The van der Waals surface area contributed by atoms with Crippen LogP contribution in [0.1, 0.15) is 178 Å². The predicted octanol–water partition coefficient (Wildman–Crippen LogP) is 18.5. The summed E-state index contributed by atoms with van der Waals surface area (Å²) in [4.78, 5) is 5.11. The van der Waals surface area contributed by atoms with Crippen LogP contribution in [-0.2, 0) is 10.8 Å². The van der Waals surface area contributed by atoms with Crippen molar-refractivity contribution in [3.63, 3.8) is 0 Å². The maximum atomic E-state index is 7.34. The van der Waals surface area contributed by atoms with Gasteiger partial charge in [-0.15, -0.1) is 0 Å². The van der Waals surface area contributed by atoms with Gasteiger partial charge in [0.05, 0.1) is 17.4 Å². The Kier molecular flexibility index (Phi) is 16.8. The number of hydrogen-bond acceptors (Lipinski definition) is 3. The number of benzene rings is 1. The van der Waals surface area contributed by atoms with Crippen LogP contribution in [0.4, 0.5) is 5.69 Å². The molecule has 4 heteroatoms. The molecule has 5 aliphatic rings. The molecule has 0 saturated heterocycles. The highest BCUT2D eigenvalue weighted by atomic mass is 16.3. The van der Waals surface area contributed by atoms with Crippen LogP contribution in [0.25, 0.3) is 11.0 Å². The van der Waals surface area contributed by atoms with Crippen molar-refractivity contribution in [3.8, 4) is 0 Å². The Balaban J connectivity index is 1.51. The molecule has 7 rings (SSSR count). The summed E-state index contributed by atoms with van der Waals surface area (Å²) in [6.45, 7) is 41.7. The fourth-order valence-electron chi connectivity index (χ4n) is 11.3. The van der Waals surface area contributed by atoms with Crippen molar-refractivity contribution in [1.82, 2.24) is 4.90 Å². The molecule has 2 heterocycles. The largest absolute Gasteiger partial charge is 0.469 e. The first kappa shape index (κ1) is 53.6. The van der Waals surface area contributed by atoms with Gasteiger partial charge in [0, 0.05) is 28.7 Å². The Morgan fingerprint density at radius 1 is 0.944 bits per heavy atom. The summed E-state index contributed by atoms with van der Waals surface area (Å²) in [7, 11) is 2.30. The van der Waals surface area contributed by atoms with E-state index in [9.17, 15) is 0 Å². The molecule has 2 atom stereocenters. The minimum Gasteiger partial charge on any atom is -0.469 e. The molecule has 4 aliphatic carbocycles. The molecule has 0 spiro atoms. The van der Waals surface area contributed by atoms with Gasteiger partial charge in [-0.3, -0.25) is 0 Å². The van der Waals surface area contributed by atoms with Crippen molar-refractivity contribution < 1.29 is 4.42 Å². The van der Waals surface area contributed by atoms with Crippen LogP contribution in [0.15, 0.2) is 184 Å². The van der Waals surface area contributed by atoms with Crippen molar-refractivity contribution in [1.29, 1.82) is 0 Å². The number of rotatable bonds is 12. The Hall–Kier alpha value is -5.22. The van der Waals surface area contributed by atoms with Gasteiger partial charge in [-0.05, 0) is 182 Å². The summed E-state index contributed by atoms with van der Waals surface area (Å²) in [6.07, 6.45) is 47.6. The van der Waals surface area contributed by atoms with Gasteiger partial charge in [-0.1, -0.05) is 180 Å². The second-order valence-corrected chi connectivity index (χ2v) is 24.3. The first-order valence-corrected chi connectivity index (χ1v) is 27.3. The smallest absolute Gasteiger partial charge is 0.236 e. The molecule has 0 saturated carbocycles. The molecule has 0 bridgehead atoms. The second-order valence-electron chi connectivity index (χ2n) is 24.3. The van der Waals surface area contributed by atoms with Gasteiger partial charge in [0.2, 0.25) is 7.28 Å². The lowest BCUT2D eigenvalue weighted by atomic mass is 9.63. The average Bonchev–Trinajstić information content (AvgIpc) is 3.69. The quantitative estimate of drug-likeness (QED) is 0.120. The number of anilines is 1. The van der Waals surface area contributed by atoms with Gasteiger partial charge < -0.3 is 14.2 Å². The summed E-state index contributed by atoms with van der Waals surface area (Å²) < 4.78 is 7.34. The highest BCUT2D eigenvalue weighted by molar-refractivity contribution is 6.60. The Morgan fingerprint density at radius 3 is 2.38 bits per heavy atom. The van der Waals surface area contributed by atoms with Gasteiger partial charge >= 0.3 is 0 Å². The summed E-state index contributed by atoms with van der Waals surface area (Å²) in [5.74, 6) is 2.99. The molecular formula is C67H88BN2O. The first-order valence-electron chi connectivity index (χ1n) is 27.3. The maximum absolute atomic E-state index is 7.34. The van der Waals surface area contributed by atoms with Gasteiger partial charge in [-0.25, -0.2) is 0 Å². The molecule has 1 aromatic carbocycles. The third-order valence-corrected chi connectivity index (χ3v) is 16.4. The van der Waals surface area contributed by atoms with Crippen LogP contribution >= 0.6 is 0 Å². The van der Waals surface area contributed by atoms with Crippen LogP contribution in [0, 0.1) is 16.7 Å². The second kappa shape index (κ2) is 22.3. The van der Waals surface area contributed by atoms with E-state index in [4.69, 9.17) is 4.42 Å². The summed E-state index contributed by atoms with van der Waals surface area (Å²) in [5, 5.41) is 1.15. The third-order valence-electron chi connectivity index (χ3n) is 16.4. The molecule has 375 valence electrons. The topological polar surface area (TPSA) is 19.6 Å². The third kappa shape index (κ3) is 12.2. The lowest BCUT2D eigenvalue weighted by Gasteiger charge is -2.41. The molecule has 2 aromatic rings. The van der Waals surface area contributed by atoms with E-state index < -0.39 is 0 Å². The maximum Gasteiger partial charge on any atom is 0.236 e. The van der Waals surface area contributed by atoms with Crippen molar-refractivity contribution >= 4 is 29.6 Å². The first-order chi connectivity index (χ1) is 33.7. The van der Waals surface area contributed by atoms with Crippen LogP contribution in [0.3, 0.4) is 0 Å². The number of nitrogens with zero attached hydrogens (tertiary/aromatic N) is 2. The van der Waals surface area contributed by atoms with E-state index in [-0.39, 0.29) is 27.7 Å². The van der Waals surface area contributed by atoms with Crippen LogP contribution in [0.2, 0.25) is 0 Å². The van der Waals surface area contributed by atoms with Crippen LogP contribution in [0.5, 0.6) is 0 Å². The fraction of sp³-hybridized carbons (Fsp3) is 0.463. The number of furan rings is 1. The Morgan fingerprint density at radius 2 is 1.69 bits per heavy atom. The number of fused-ring (bicyclic) bond motifs is 4. The van der Waals surface area contributed by atoms with Crippen molar-refractivity contribution in [3.05, 3.63) is 191 Å². The highest BCUT2D eigenvalue weighted by Gasteiger charge is 2.39. The predicted molar refractivity (Wildman–Crippen MR) is 311 cm³/mol. The van der Waals surface area contributed by atoms with Crippen molar-refractivity contribution in [2.75, 3.05) is 4.90 Å². The number of hydrogen-bond donors (Lipinski definition) is 0. The number of allylic oxidation sites excluding steroid dienone is 18. The minimum atomic E-state index is -0.0124. The van der Waals surface area contributed by atoms with Crippen LogP contribution in [-0.4, -0.2) is 18.2 Å². The molecule has 0 fully saturated rings. The van der Waals surface area contributed by atoms with Gasteiger partial charge in [0.1, 0.15) is 5.58 Å². The van der Waals surface area contributed by atoms with Crippen molar-refractivity contribution in [2.24, 2.45) is 16.7 Å². The van der Waals surface area contributed by atoms with Gasteiger partial charge in [0.15, 0.2) is 0 Å². The molecule has 0 amide bonds. The lowest BCUT2D eigenvalue weighted by molar-refractivity contribution is 0.301. The highest BCUT2D eigenvalue weighted by Crippen LogP contribution is 2.49. The molecule has 1 radical (unpaired) electrons.